The highest BCUT2D eigenvalue weighted by Gasteiger charge is 2.21. The summed E-state index contributed by atoms with van der Waals surface area (Å²) in [6.45, 7) is 0. The summed E-state index contributed by atoms with van der Waals surface area (Å²) in [4.78, 5) is 1.51. The summed E-state index contributed by atoms with van der Waals surface area (Å²) < 4.78 is 0. The number of nitrogens with zero attached hydrogens (tertiary/aromatic N) is 4. The Morgan fingerprint density at radius 1 is 1.44 bits per heavy atom. The van der Waals surface area contributed by atoms with E-state index in [1.165, 1.54) is 4.80 Å². The molecule has 0 aliphatic carbocycles. The molecule has 96 valence electrons. The number of nitrogens with one attached hydrogen (secondary N) is 1. The lowest BCUT2D eigenvalue weighted by molar-refractivity contribution is 0.628. The summed E-state index contributed by atoms with van der Waals surface area (Å²) in [5, 5.41) is 16.4. The van der Waals surface area contributed by atoms with Crippen molar-refractivity contribution in [2.75, 3.05) is 11.6 Å². The average molecular weight is 304 g/mol. The van der Waals surface area contributed by atoms with E-state index in [1.54, 1.807) is 0 Å². The molecule has 0 bridgehead atoms. The maximum Gasteiger partial charge on any atom is 0.192 e. The molecule has 1 N–H and O–H groups in total. The molecule has 2 aromatic rings. The van der Waals surface area contributed by atoms with Gasteiger partial charge in [0, 0.05) is 16.7 Å². The Morgan fingerprint density at radius 2 is 2.33 bits per heavy atom. The number of hydrogen-bond donors (Lipinski definition) is 1. The van der Waals surface area contributed by atoms with Crippen LogP contribution in [0.4, 0.5) is 0 Å². The molecule has 8 heteroatoms. The maximum absolute atomic E-state index is 5.92. The molecule has 1 unspecified atom stereocenters. The van der Waals surface area contributed by atoms with Crippen molar-refractivity contribution >= 4 is 35.8 Å². The second kappa shape index (κ2) is 5.88. The first kappa shape index (κ1) is 13.6. The van der Waals surface area contributed by atoms with Gasteiger partial charge in [-0.25, -0.2) is 0 Å². The standard InChI is InChI=1S/C10H10ClN5S.ClH/c11-7-2-1-3-8(4-7)16-14-10(13-15-16)9-5-17-6-12-9;/h1-4,9,12H,5-6H2;1H. The van der Waals surface area contributed by atoms with Gasteiger partial charge in [0.05, 0.1) is 11.7 Å². The van der Waals surface area contributed by atoms with Crippen molar-refractivity contribution in [3.63, 3.8) is 0 Å². The first-order valence-electron chi connectivity index (χ1n) is 5.20. The molecule has 0 amide bonds. The summed E-state index contributed by atoms with van der Waals surface area (Å²) in [6.07, 6.45) is 0. The number of thioether (sulfide) groups is 1. The Kier molecular flexibility index (Phi) is 4.45. The fourth-order valence-electron chi connectivity index (χ4n) is 1.64. The maximum atomic E-state index is 5.92. The van der Waals surface area contributed by atoms with E-state index in [-0.39, 0.29) is 18.4 Å². The van der Waals surface area contributed by atoms with Gasteiger partial charge in [-0.3, -0.25) is 5.32 Å². The normalized spacial score (nSPS) is 18.6. The van der Waals surface area contributed by atoms with Crippen molar-refractivity contribution in [2.45, 2.75) is 6.04 Å². The van der Waals surface area contributed by atoms with Gasteiger partial charge in [0.1, 0.15) is 0 Å². The van der Waals surface area contributed by atoms with Gasteiger partial charge in [0.2, 0.25) is 0 Å². The minimum Gasteiger partial charge on any atom is -0.297 e. The molecule has 1 aromatic heterocycles. The van der Waals surface area contributed by atoms with Crippen molar-refractivity contribution in [2.24, 2.45) is 0 Å². The van der Waals surface area contributed by atoms with Gasteiger partial charge >= 0.3 is 0 Å². The van der Waals surface area contributed by atoms with Crippen LogP contribution in [0.2, 0.25) is 5.02 Å². The van der Waals surface area contributed by atoms with Gasteiger partial charge in [-0.05, 0) is 23.4 Å². The van der Waals surface area contributed by atoms with Crippen LogP contribution < -0.4 is 5.32 Å². The molecule has 0 spiro atoms. The van der Waals surface area contributed by atoms with Crippen LogP contribution in [0.5, 0.6) is 0 Å². The van der Waals surface area contributed by atoms with E-state index in [0.29, 0.717) is 5.02 Å². The van der Waals surface area contributed by atoms with E-state index < -0.39 is 0 Å². The first-order valence-corrected chi connectivity index (χ1v) is 6.73. The quantitative estimate of drug-likeness (QED) is 0.920. The third-order valence-corrected chi connectivity index (χ3v) is 3.67. The number of aromatic nitrogens is 4. The van der Waals surface area contributed by atoms with Crippen LogP contribution >= 0.6 is 35.8 Å². The molecule has 1 aromatic carbocycles. The lowest BCUT2D eigenvalue weighted by atomic mass is 10.3. The predicted octanol–water partition coefficient (Wildman–Crippen LogP) is 2.07. The lowest BCUT2D eigenvalue weighted by Crippen LogP contribution is -2.16. The van der Waals surface area contributed by atoms with Crippen molar-refractivity contribution in [3.8, 4) is 5.69 Å². The van der Waals surface area contributed by atoms with Gasteiger partial charge < -0.3 is 0 Å². The van der Waals surface area contributed by atoms with Gasteiger partial charge in [-0.1, -0.05) is 17.7 Å². The highest BCUT2D eigenvalue weighted by Crippen LogP contribution is 2.21. The Balaban J connectivity index is 0.00000120. The number of halogens is 2. The summed E-state index contributed by atoms with van der Waals surface area (Å²) >= 11 is 7.76. The fraction of sp³-hybridized carbons (Fsp3) is 0.300. The van der Waals surface area contributed by atoms with Crippen molar-refractivity contribution in [1.82, 2.24) is 25.5 Å². The molecule has 1 fully saturated rings. The van der Waals surface area contributed by atoms with E-state index in [2.05, 4.69) is 20.7 Å². The topological polar surface area (TPSA) is 55.6 Å². The van der Waals surface area contributed by atoms with Gasteiger partial charge in [0.25, 0.3) is 0 Å². The highest BCUT2D eigenvalue weighted by atomic mass is 35.5. The van der Waals surface area contributed by atoms with Crippen LogP contribution in [0.3, 0.4) is 0 Å². The lowest BCUT2D eigenvalue weighted by Gasteiger charge is -2.01. The molecule has 1 atom stereocenters. The van der Waals surface area contributed by atoms with E-state index >= 15 is 0 Å². The van der Waals surface area contributed by atoms with Crippen LogP contribution in [-0.4, -0.2) is 31.8 Å². The number of tetrazole rings is 1. The summed E-state index contributed by atoms with van der Waals surface area (Å²) in [6, 6.07) is 7.59. The van der Waals surface area contributed by atoms with E-state index in [0.717, 1.165) is 23.1 Å². The third kappa shape index (κ3) is 2.77. The minimum absolute atomic E-state index is 0. The molecule has 1 aliphatic heterocycles. The van der Waals surface area contributed by atoms with Crippen LogP contribution in [-0.2, 0) is 0 Å². The second-order valence-corrected chi connectivity index (χ2v) is 5.16. The van der Waals surface area contributed by atoms with Gasteiger partial charge in [-0.2, -0.15) is 0 Å². The number of benzene rings is 1. The SMILES string of the molecule is Cl.Clc1cccc(-n2nnc(C3CSCN3)n2)c1. The number of hydrogen-bond acceptors (Lipinski definition) is 5. The van der Waals surface area contributed by atoms with Crippen molar-refractivity contribution in [3.05, 3.63) is 35.1 Å². The molecular weight excluding hydrogens is 293 g/mol. The number of rotatable bonds is 2. The van der Waals surface area contributed by atoms with E-state index in [1.807, 2.05) is 36.0 Å². The second-order valence-electron chi connectivity index (χ2n) is 3.69. The predicted molar refractivity (Wildman–Crippen MR) is 74.6 cm³/mol. The minimum atomic E-state index is 0. The Bertz CT molecular complexity index is 526. The zero-order valence-electron chi connectivity index (χ0n) is 9.28. The first-order chi connectivity index (χ1) is 8.33. The van der Waals surface area contributed by atoms with Crippen molar-refractivity contribution < 1.29 is 0 Å². The Labute approximate surface area is 120 Å². The fourth-order valence-corrected chi connectivity index (χ4v) is 2.76. The van der Waals surface area contributed by atoms with Crippen LogP contribution in [0.1, 0.15) is 11.9 Å². The third-order valence-electron chi connectivity index (χ3n) is 2.50. The molecule has 0 saturated carbocycles. The zero-order chi connectivity index (χ0) is 11.7. The molecular formula is C10H11Cl2N5S. The Hall–Kier alpha value is -0.820. The molecule has 3 rings (SSSR count). The smallest absolute Gasteiger partial charge is 0.192 e. The molecule has 18 heavy (non-hydrogen) atoms. The largest absolute Gasteiger partial charge is 0.297 e. The van der Waals surface area contributed by atoms with E-state index in [9.17, 15) is 0 Å². The molecule has 1 saturated heterocycles. The summed E-state index contributed by atoms with van der Waals surface area (Å²) in [5.74, 6) is 2.66. The highest BCUT2D eigenvalue weighted by molar-refractivity contribution is 7.99. The zero-order valence-corrected chi connectivity index (χ0v) is 11.7. The Morgan fingerprint density at radius 3 is 3.06 bits per heavy atom. The van der Waals surface area contributed by atoms with E-state index in [4.69, 9.17) is 11.6 Å². The van der Waals surface area contributed by atoms with Crippen molar-refractivity contribution in [1.29, 1.82) is 0 Å². The molecule has 0 radical (unpaired) electrons. The average Bonchev–Trinajstić information content (AvgIpc) is 3.00. The summed E-state index contributed by atoms with van der Waals surface area (Å²) in [5.41, 5.74) is 0.821. The summed E-state index contributed by atoms with van der Waals surface area (Å²) in [7, 11) is 0. The van der Waals surface area contributed by atoms with Gasteiger partial charge in [0.15, 0.2) is 5.82 Å². The van der Waals surface area contributed by atoms with Crippen LogP contribution in [0, 0.1) is 0 Å². The molecule has 2 heterocycles. The molecule has 1 aliphatic rings. The van der Waals surface area contributed by atoms with Gasteiger partial charge in [-0.15, -0.1) is 39.2 Å². The van der Waals surface area contributed by atoms with Crippen LogP contribution in [0.15, 0.2) is 24.3 Å². The monoisotopic (exact) mass is 303 g/mol. The van der Waals surface area contributed by atoms with Crippen LogP contribution in [0.25, 0.3) is 5.69 Å². The molecule has 5 nitrogen and oxygen atoms in total.